The molecule has 14 heteroatoms. The molecule has 2 aromatic rings. The molecule has 2 aromatic carbocycles. The summed E-state index contributed by atoms with van der Waals surface area (Å²) in [5.74, 6) is -21.4. The molecular weight excluding hydrogens is 663 g/mol. The number of carbonyl (C=O) groups is 1. The van der Waals surface area contributed by atoms with E-state index in [1.54, 1.807) is 36.0 Å². The summed E-state index contributed by atoms with van der Waals surface area (Å²) < 4.78 is 118. The average Bonchev–Trinajstić information content (AvgIpc) is 2.98. The van der Waals surface area contributed by atoms with Gasteiger partial charge in [-0.1, -0.05) is 70.1 Å². The van der Waals surface area contributed by atoms with Crippen molar-refractivity contribution < 1.29 is 59.6 Å². The zero-order chi connectivity index (χ0) is 35.3. The van der Waals surface area contributed by atoms with Crippen molar-refractivity contribution in [1.82, 2.24) is 0 Å². The summed E-state index contributed by atoms with van der Waals surface area (Å²) in [5, 5.41) is 29.1. The van der Waals surface area contributed by atoms with Gasteiger partial charge in [-0.15, -0.1) is 11.8 Å². The van der Waals surface area contributed by atoms with E-state index in [2.05, 4.69) is 6.92 Å². The largest absolute Gasteiger partial charge is 0.508 e. The van der Waals surface area contributed by atoms with Crippen LogP contribution in [0.25, 0.3) is 0 Å². The molecular formula is C33H39F9O4S. The predicted octanol–water partition coefficient (Wildman–Crippen LogP) is 10.7. The summed E-state index contributed by atoms with van der Waals surface area (Å²) in [6.45, 7) is 2.20. The van der Waals surface area contributed by atoms with Crippen LogP contribution < -0.4 is 0 Å². The van der Waals surface area contributed by atoms with Crippen molar-refractivity contribution >= 4 is 17.7 Å². The van der Waals surface area contributed by atoms with Crippen molar-refractivity contribution in [2.45, 2.75) is 118 Å². The van der Waals surface area contributed by atoms with Crippen LogP contribution >= 0.6 is 11.8 Å². The van der Waals surface area contributed by atoms with Crippen molar-refractivity contribution in [3.63, 3.8) is 0 Å². The molecule has 0 fully saturated rings. The second kappa shape index (κ2) is 15.2. The molecule has 3 rings (SSSR count). The average molecular weight is 703 g/mol. The minimum Gasteiger partial charge on any atom is -0.508 e. The first-order valence-electron chi connectivity index (χ1n) is 15.4. The van der Waals surface area contributed by atoms with Crippen LogP contribution in [-0.4, -0.2) is 51.0 Å². The van der Waals surface area contributed by atoms with E-state index in [1.807, 2.05) is 18.2 Å². The van der Waals surface area contributed by atoms with Crippen molar-refractivity contribution in [3.8, 4) is 11.5 Å². The van der Waals surface area contributed by atoms with Gasteiger partial charge in [0.1, 0.15) is 11.5 Å². The van der Waals surface area contributed by atoms with Gasteiger partial charge in [-0.05, 0) is 60.6 Å². The molecule has 47 heavy (non-hydrogen) atoms. The van der Waals surface area contributed by atoms with Crippen LogP contribution in [0.3, 0.4) is 0 Å². The van der Waals surface area contributed by atoms with Gasteiger partial charge in [0.2, 0.25) is 0 Å². The standard InChI is InChI=1S/C33H39F9O4S/c1-29(22-11-13-23(43)14-12-22)20-47-27-19-24(44)15-16-25(27)26(29)10-8-6-4-2-3-5-7-9-21(28(45)46)17-18-30(34,35)31(36,37)32(38,39)33(40,41)42/h11-16,19,21,26,43-44H,2-10,17-18,20H2,1H3,(H,45,46)/t21?,26-,29+/m1/s1. The maximum absolute atomic E-state index is 13.9. The lowest BCUT2D eigenvalue weighted by Crippen LogP contribution is -2.60. The van der Waals surface area contributed by atoms with E-state index in [0.29, 0.717) is 12.8 Å². The third kappa shape index (κ3) is 8.83. The van der Waals surface area contributed by atoms with Crippen LogP contribution in [0.1, 0.15) is 94.6 Å². The van der Waals surface area contributed by atoms with E-state index in [4.69, 9.17) is 0 Å². The lowest BCUT2D eigenvalue weighted by atomic mass is 9.68. The van der Waals surface area contributed by atoms with Gasteiger partial charge in [-0.25, -0.2) is 0 Å². The Hall–Kier alpha value is -2.77. The second-order valence-corrected chi connectivity index (χ2v) is 13.5. The monoisotopic (exact) mass is 702 g/mol. The molecule has 0 aliphatic carbocycles. The van der Waals surface area contributed by atoms with Crippen LogP contribution in [0.5, 0.6) is 11.5 Å². The number of benzene rings is 2. The fourth-order valence-electron chi connectivity index (χ4n) is 6.14. The Labute approximate surface area is 271 Å². The Morgan fingerprint density at radius 2 is 1.36 bits per heavy atom. The van der Waals surface area contributed by atoms with Crippen LogP contribution in [0.4, 0.5) is 39.5 Å². The SMILES string of the molecule is C[C@@]1(c2ccc(O)cc2)CSc2cc(O)ccc2[C@H]1CCCCCCCCCC(CCC(F)(F)C(F)(F)C(F)(F)C(F)(F)F)C(=O)O. The number of phenolic OH excluding ortho intramolecular Hbond substituents is 2. The number of aliphatic carboxylic acids is 1. The number of rotatable bonds is 17. The first kappa shape index (κ1) is 38.7. The topological polar surface area (TPSA) is 77.8 Å². The summed E-state index contributed by atoms with van der Waals surface area (Å²) in [4.78, 5) is 12.5. The molecule has 1 aliphatic rings. The van der Waals surface area contributed by atoms with Crippen molar-refractivity contribution in [3.05, 3.63) is 53.6 Å². The lowest BCUT2D eigenvalue weighted by molar-refractivity contribution is -0.396. The Balaban J connectivity index is 1.45. The molecule has 1 heterocycles. The van der Waals surface area contributed by atoms with E-state index < -0.39 is 48.7 Å². The Kier molecular flexibility index (Phi) is 12.5. The number of phenols is 2. The quantitative estimate of drug-likeness (QED) is 0.113. The van der Waals surface area contributed by atoms with Crippen LogP contribution in [0.15, 0.2) is 47.4 Å². The highest BCUT2D eigenvalue weighted by molar-refractivity contribution is 7.99. The minimum atomic E-state index is -6.99. The highest BCUT2D eigenvalue weighted by Crippen LogP contribution is 2.55. The first-order valence-corrected chi connectivity index (χ1v) is 16.4. The van der Waals surface area contributed by atoms with Gasteiger partial charge in [0.15, 0.2) is 0 Å². The molecule has 0 saturated carbocycles. The zero-order valence-electron chi connectivity index (χ0n) is 25.7. The smallest absolute Gasteiger partial charge is 0.460 e. The van der Waals surface area contributed by atoms with Gasteiger partial charge in [0.25, 0.3) is 0 Å². The van der Waals surface area contributed by atoms with Gasteiger partial charge in [0, 0.05) is 22.5 Å². The van der Waals surface area contributed by atoms with Crippen LogP contribution in [-0.2, 0) is 10.2 Å². The van der Waals surface area contributed by atoms with E-state index >= 15 is 0 Å². The number of carboxylic acids is 1. The number of hydrogen-bond acceptors (Lipinski definition) is 4. The van der Waals surface area contributed by atoms with E-state index in [9.17, 15) is 59.6 Å². The molecule has 1 unspecified atom stereocenters. The van der Waals surface area contributed by atoms with E-state index in [1.165, 1.54) is 0 Å². The van der Waals surface area contributed by atoms with E-state index in [0.717, 1.165) is 53.9 Å². The van der Waals surface area contributed by atoms with Crippen LogP contribution in [0, 0.1) is 5.92 Å². The molecule has 264 valence electrons. The van der Waals surface area contributed by atoms with Gasteiger partial charge in [-0.2, -0.15) is 39.5 Å². The second-order valence-electron chi connectivity index (χ2n) is 12.5. The Bertz CT molecular complexity index is 1330. The highest BCUT2D eigenvalue weighted by Gasteiger charge is 2.81. The number of halogens is 9. The molecule has 4 nitrogen and oxygen atoms in total. The molecule has 0 bridgehead atoms. The third-order valence-electron chi connectivity index (χ3n) is 9.11. The number of carboxylic acid groups (broad SMARTS) is 1. The number of alkyl halides is 9. The fourth-order valence-corrected chi connectivity index (χ4v) is 7.55. The number of aromatic hydroxyl groups is 2. The summed E-state index contributed by atoms with van der Waals surface area (Å²) >= 11 is 1.68. The van der Waals surface area contributed by atoms with Crippen molar-refractivity contribution in [2.24, 2.45) is 5.92 Å². The molecule has 0 radical (unpaired) electrons. The van der Waals surface area contributed by atoms with Gasteiger partial charge in [-0.3, -0.25) is 4.79 Å². The Morgan fingerprint density at radius 1 is 0.809 bits per heavy atom. The molecule has 1 aliphatic heterocycles. The van der Waals surface area contributed by atoms with Crippen molar-refractivity contribution in [1.29, 1.82) is 0 Å². The molecule has 3 N–H and O–H groups in total. The van der Waals surface area contributed by atoms with Crippen molar-refractivity contribution in [2.75, 3.05) is 5.75 Å². The van der Waals surface area contributed by atoms with Gasteiger partial charge in [0.05, 0.1) is 5.92 Å². The maximum atomic E-state index is 13.9. The molecule has 0 spiro atoms. The fraction of sp³-hybridized carbons (Fsp3) is 0.606. The summed E-state index contributed by atoms with van der Waals surface area (Å²) in [6, 6.07) is 12.6. The third-order valence-corrected chi connectivity index (χ3v) is 10.5. The molecule has 0 saturated heterocycles. The minimum absolute atomic E-state index is 0.156. The summed E-state index contributed by atoms with van der Waals surface area (Å²) in [6.07, 6.45) is -4.74. The summed E-state index contributed by atoms with van der Waals surface area (Å²) in [7, 11) is 0. The zero-order valence-corrected chi connectivity index (χ0v) is 26.6. The number of hydrogen-bond donors (Lipinski definition) is 3. The lowest BCUT2D eigenvalue weighted by Gasteiger charge is -2.43. The summed E-state index contributed by atoms with van der Waals surface area (Å²) in [5.41, 5.74) is 2.03. The van der Waals surface area contributed by atoms with E-state index in [-0.39, 0.29) is 35.7 Å². The predicted molar refractivity (Wildman–Crippen MR) is 160 cm³/mol. The molecule has 0 amide bonds. The normalized spacial score (nSPS) is 19.7. The highest BCUT2D eigenvalue weighted by atomic mass is 32.2. The van der Waals surface area contributed by atoms with Gasteiger partial charge >= 0.3 is 29.9 Å². The molecule has 0 aromatic heterocycles. The number of thioether (sulfide) groups is 1. The number of unbranched alkanes of at least 4 members (excludes halogenated alkanes) is 6. The Morgan fingerprint density at radius 3 is 1.94 bits per heavy atom. The maximum Gasteiger partial charge on any atom is 0.460 e. The van der Waals surface area contributed by atoms with Gasteiger partial charge < -0.3 is 15.3 Å². The first-order chi connectivity index (χ1) is 21.7. The molecule has 3 atom stereocenters. The number of fused-ring (bicyclic) bond motifs is 1. The van der Waals surface area contributed by atoms with Crippen LogP contribution in [0.2, 0.25) is 0 Å².